The molecule has 2 heteroatoms. The number of aromatic nitrogens is 1. The van der Waals surface area contributed by atoms with E-state index in [2.05, 4.69) is 210 Å². The number of para-hydroxylation sites is 2. The van der Waals surface area contributed by atoms with E-state index in [1.807, 2.05) is 0 Å². The van der Waals surface area contributed by atoms with Gasteiger partial charge in [-0.05, 0) is 100 Å². The van der Waals surface area contributed by atoms with Crippen molar-refractivity contribution < 1.29 is 0 Å². The summed E-state index contributed by atoms with van der Waals surface area (Å²) in [6.45, 7) is 0. The van der Waals surface area contributed by atoms with E-state index in [1.165, 1.54) is 83.8 Å². The maximum absolute atomic E-state index is 2.61. The number of fused-ring (bicyclic) bond motifs is 6. The van der Waals surface area contributed by atoms with E-state index in [9.17, 15) is 0 Å². The molecule has 0 spiro atoms. The lowest BCUT2D eigenvalue weighted by atomic mass is 9.83. The fourth-order valence-electron chi connectivity index (χ4n) is 9.78. The first-order valence-electron chi connectivity index (χ1n) is 20.1. The second-order valence-corrected chi connectivity index (χ2v) is 15.6. The van der Waals surface area contributed by atoms with E-state index in [4.69, 9.17) is 0 Å². The lowest BCUT2D eigenvalue weighted by Crippen LogP contribution is -2.29. The molecule has 1 aliphatic heterocycles. The molecule has 0 saturated carbocycles. The molecule has 6 aromatic carbocycles. The van der Waals surface area contributed by atoms with E-state index in [0.29, 0.717) is 5.92 Å². The molecule has 0 N–H and O–H groups in total. The highest BCUT2D eigenvalue weighted by atomic mass is 15.2. The van der Waals surface area contributed by atoms with E-state index >= 15 is 0 Å². The molecule has 0 bridgehead atoms. The summed E-state index contributed by atoms with van der Waals surface area (Å²) in [7, 11) is 0. The fraction of sp³-hybridized carbons (Fsp3) is 0.111. The SMILES string of the molecule is C1=CC2C(C=C1C1=Cc3c(n(C4=CC(c5ccccc5)=CC(c5ccccc5)C4)c4ccccc34)CC1)c1ccccc1N2c1cccc(-c2ccccc2)c1. The standard InChI is InChI=1S/C54H42N2/c1-4-15-37(16-5-1)40-21-14-22-45(32-40)55-51-25-12-10-23-47(51)49-35-41(27-29-53(49)55)42-28-30-54-50(36-42)48-24-11-13-26-52(48)56(54)46-33-43(38-17-6-2-7-18-38)31-44(34-46)39-19-8-3-9-20-39/h1-27,29,31-33,35-36,44,49,53H,28,30,34H2. The summed E-state index contributed by atoms with van der Waals surface area (Å²) in [4.78, 5) is 2.55. The lowest BCUT2D eigenvalue weighted by Gasteiger charge is -2.31. The molecule has 56 heavy (non-hydrogen) atoms. The Balaban J connectivity index is 0.972. The molecule has 11 rings (SSSR count). The van der Waals surface area contributed by atoms with Crippen LogP contribution in [-0.2, 0) is 6.42 Å². The Hall–Kier alpha value is -6.64. The molecule has 2 nitrogen and oxygen atoms in total. The van der Waals surface area contributed by atoms with Gasteiger partial charge in [0.25, 0.3) is 0 Å². The third-order valence-corrected chi connectivity index (χ3v) is 12.4. The highest BCUT2D eigenvalue weighted by Crippen LogP contribution is 2.50. The maximum atomic E-state index is 2.61. The predicted octanol–water partition coefficient (Wildman–Crippen LogP) is 13.6. The molecule has 1 aromatic heterocycles. The molecule has 0 fully saturated rings. The Kier molecular flexibility index (Phi) is 7.95. The van der Waals surface area contributed by atoms with Crippen LogP contribution in [0.4, 0.5) is 11.4 Å². The minimum atomic E-state index is 0.228. The van der Waals surface area contributed by atoms with Gasteiger partial charge in [-0.1, -0.05) is 164 Å². The summed E-state index contributed by atoms with van der Waals surface area (Å²) in [6.07, 6.45) is 17.8. The highest BCUT2D eigenvalue weighted by Gasteiger charge is 2.38. The fourth-order valence-corrected chi connectivity index (χ4v) is 9.78. The summed E-state index contributed by atoms with van der Waals surface area (Å²) in [5.74, 6) is 0.582. The Bertz CT molecular complexity index is 2780. The van der Waals surface area contributed by atoms with Crippen LogP contribution in [-0.4, -0.2) is 10.6 Å². The zero-order valence-corrected chi connectivity index (χ0v) is 31.3. The van der Waals surface area contributed by atoms with Crippen LogP contribution in [0.3, 0.4) is 0 Å². The number of allylic oxidation sites excluding steroid dienone is 7. The van der Waals surface area contributed by atoms with Gasteiger partial charge in [0.1, 0.15) is 0 Å². The Morgan fingerprint density at radius 2 is 1.27 bits per heavy atom. The molecule has 2 heterocycles. The third-order valence-electron chi connectivity index (χ3n) is 12.4. The number of nitrogens with zero attached hydrogens (tertiary/aromatic N) is 2. The zero-order chi connectivity index (χ0) is 37.0. The Morgan fingerprint density at radius 3 is 2.11 bits per heavy atom. The van der Waals surface area contributed by atoms with Crippen LogP contribution in [0.1, 0.15) is 52.6 Å². The number of hydrogen-bond acceptors (Lipinski definition) is 1. The molecular weight excluding hydrogens is 677 g/mol. The number of rotatable bonds is 6. The van der Waals surface area contributed by atoms with Gasteiger partial charge in [0.15, 0.2) is 0 Å². The monoisotopic (exact) mass is 718 g/mol. The van der Waals surface area contributed by atoms with Crippen molar-refractivity contribution in [3.05, 3.63) is 233 Å². The van der Waals surface area contributed by atoms with E-state index < -0.39 is 0 Å². The van der Waals surface area contributed by atoms with Gasteiger partial charge < -0.3 is 9.47 Å². The van der Waals surface area contributed by atoms with Gasteiger partial charge in [-0.15, -0.1) is 0 Å². The summed E-state index contributed by atoms with van der Waals surface area (Å²) < 4.78 is 2.61. The molecule has 7 aromatic rings. The summed E-state index contributed by atoms with van der Waals surface area (Å²) in [5.41, 5.74) is 18.6. The molecule has 268 valence electrons. The number of benzene rings is 6. The zero-order valence-electron chi connectivity index (χ0n) is 31.3. The first kappa shape index (κ1) is 32.8. The molecule has 0 amide bonds. The van der Waals surface area contributed by atoms with Gasteiger partial charge in [-0.3, -0.25) is 0 Å². The third kappa shape index (κ3) is 5.56. The Morgan fingerprint density at radius 1 is 0.554 bits per heavy atom. The van der Waals surface area contributed by atoms with Crippen molar-refractivity contribution in [2.24, 2.45) is 0 Å². The van der Waals surface area contributed by atoms with Crippen molar-refractivity contribution >= 4 is 39.6 Å². The maximum Gasteiger partial charge on any atom is 0.0630 e. The van der Waals surface area contributed by atoms with Crippen molar-refractivity contribution in [2.75, 3.05) is 4.90 Å². The average molecular weight is 719 g/mol. The van der Waals surface area contributed by atoms with E-state index in [1.54, 1.807) is 0 Å². The minimum absolute atomic E-state index is 0.228. The van der Waals surface area contributed by atoms with Gasteiger partial charge in [0.05, 0.1) is 11.6 Å². The molecule has 3 unspecified atom stereocenters. The van der Waals surface area contributed by atoms with Gasteiger partial charge in [-0.25, -0.2) is 0 Å². The van der Waals surface area contributed by atoms with Crippen molar-refractivity contribution in [1.82, 2.24) is 4.57 Å². The van der Waals surface area contributed by atoms with Crippen LogP contribution >= 0.6 is 0 Å². The van der Waals surface area contributed by atoms with E-state index in [-0.39, 0.29) is 12.0 Å². The second kappa shape index (κ2) is 13.6. The first-order chi connectivity index (χ1) is 27.8. The molecule has 4 aliphatic rings. The van der Waals surface area contributed by atoms with Crippen LogP contribution < -0.4 is 4.90 Å². The van der Waals surface area contributed by atoms with Crippen LogP contribution in [0.25, 0.3) is 39.4 Å². The Labute approximate surface area is 329 Å². The predicted molar refractivity (Wildman–Crippen MR) is 235 cm³/mol. The topological polar surface area (TPSA) is 8.17 Å². The minimum Gasteiger partial charge on any atom is -0.333 e. The summed E-state index contributed by atoms with van der Waals surface area (Å²) in [5, 5.41) is 1.33. The largest absolute Gasteiger partial charge is 0.333 e. The van der Waals surface area contributed by atoms with Crippen LogP contribution in [0, 0.1) is 0 Å². The van der Waals surface area contributed by atoms with Crippen molar-refractivity contribution in [2.45, 2.75) is 37.1 Å². The van der Waals surface area contributed by atoms with Gasteiger partial charge >= 0.3 is 0 Å². The van der Waals surface area contributed by atoms with Crippen molar-refractivity contribution in [3.8, 4) is 11.1 Å². The first-order valence-corrected chi connectivity index (χ1v) is 20.1. The molecule has 3 atom stereocenters. The quantitative estimate of drug-likeness (QED) is 0.166. The molecular formula is C54H42N2. The summed E-state index contributed by atoms with van der Waals surface area (Å²) in [6, 6.07) is 60.0. The molecule has 0 radical (unpaired) electrons. The van der Waals surface area contributed by atoms with Crippen LogP contribution in [0.15, 0.2) is 205 Å². The van der Waals surface area contributed by atoms with E-state index in [0.717, 1.165) is 19.3 Å². The van der Waals surface area contributed by atoms with Crippen LogP contribution in [0.5, 0.6) is 0 Å². The number of anilines is 2. The molecule has 0 saturated heterocycles. The second-order valence-electron chi connectivity index (χ2n) is 15.6. The van der Waals surface area contributed by atoms with Gasteiger partial charge in [-0.2, -0.15) is 0 Å². The van der Waals surface area contributed by atoms with Crippen molar-refractivity contribution in [1.29, 1.82) is 0 Å². The lowest BCUT2D eigenvalue weighted by molar-refractivity contribution is 0.736. The average Bonchev–Trinajstić information content (AvgIpc) is 3.79. The summed E-state index contributed by atoms with van der Waals surface area (Å²) >= 11 is 0. The van der Waals surface area contributed by atoms with Crippen LogP contribution in [0.2, 0.25) is 0 Å². The number of hydrogen-bond donors (Lipinski definition) is 0. The normalized spacial score (nSPS) is 19.7. The van der Waals surface area contributed by atoms with Crippen molar-refractivity contribution in [3.63, 3.8) is 0 Å². The van der Waals surface area contributed by atoms with Gasteiger partial charge in [0.2, 0.25) is 0 Å². The molecule has 3 aliphatic carbocycles. The smallest absolute Gasteiger partial charge is 0.0630 e. The van der Waals surface area contributed by atoms with Gasteiger partial charge in [0, 0.05) is 45.6 Å². The highest BCUT2D eigenvalue weighted by molar-refractivity contribution is 5.97.